The normalized spacial score (nSPS) is 23.1. The van der Waals surface area contributed by atoms with Crippen LogP contribution in [-0.2, 0) is 17.8 Å². The Morgan fingerprint density at radius 1 is 1.17 bits per heavy atom. The second-order valence-corrected chi connectivity index (χ2v) is 10.5. The van der Waals surface area contributed by atoms with E-state index in [9.17, 15) is 9.90 Å². The van der Waals surface area contributed by atoms with Crippen molar-refractivity contribution in [3.8, 4) is 0 Å². The maximum Gasteiger partial charge on any atom is 0.229 e. The summed E-state index contributed by atoms with van der Waals surface area (Å²) in [6, 6.07) is 15.7. The van der Waals surface area contributed by atoms with Gasteiger partial charge < -0.3 is 20.6 Å². The van der Waals surface area contributed by atoms with Crippen LogP contribution in [0, 0.1) is 12.8 Å². The van der Waals surface area contributed by atoms with Crippen LogP contribution in [0.5, 0.6) is 0 Å². The van der Waals surface area contributed by atoms with Crippen LogP contribution in [0.2, 0.25) is 0 Å². The van der Waals surface area contributed by atoms with Gasteiger partial charge in [0.05, 0.1) is 0 Å². The number of hydrogen-bond acceptors (Lipinski definition) is 5. The largest absolute Gasteiger partial charge is 0.396 e. The molecule has 0 aromatic heterocycles. The molecular formula is C29H42N4O2. The summed E-state index contributed by atoms with van der Waals surface area (Å²) in [5.41, 5.74) is 5.84. The lowest BCUT2D eigenvalue weighted by atomic mass is 9.85. The van der Waals surface area contributed by atoms with Gasteiger partial charge in [0.15, 0.2) is 0 Å². The number of rotatable bonds is 8. The standard InChI is InChI=1S/C29H42N4O2/c1-21-17-28(12-9-25(21)20-33-15-14-30-22(2)19-33)32(3)29(35)24-7-10-26(11-8-24)31-27-6-4-5-23(18-27)13-16-34/h4-6,9,12,17-18,22,24,26,30-31,34H,7-8,10-11,13-16,19-20H2,1-3H3/t22-,24-,26-/m0/s1. The Kier molecular flexibility index (Phi) is 8.82. The van der Waals surface area contributed by atoms with Crippen LogP contribution in [0.15, 0.2) is 42.5 Å². The molecule has 2 aromatic carbocycles. The molecule has 4 rings (SSSR count). The number of nitrogens with one attached hydrogen (secondary N) is 2. The van der Waals surface area contributed by atoms with Crippen molar-refractivity contribution in [1.29, 1.82) is 0 Å². The van der Waals surface area contributed by atoms with Crippen LogP contribution in [0.4, 0.5) is 11.4 Å². The maximum absolute atomic E-state index is 13.3. The Balaban J connectivity index is 1.29. The van der Waals surface area contributed by atoms with Crippen molar-refractivity contribution in [2.75, 3.05) is 43.5 Å². The highest BCUT2D eigenvalue weighted by Gasteiger charge is 2.29. The van der Waals surface area contributed by atoms with E-state index in [0.29, 0.717) is 18.5 Å². The Bertz CT molecular complexity index is 986. The Morgan fingerprint density at radius 3 is 2.69 bits per heavy atom. The van der Waals surface area contributed by atoms with E-state index in [2.05, 4.69) is 59.7 Å². The van der Waals surface area contributed by atoms with Crippen molar-refractivity contribution in [3.05, 3.63) is 59.2 Å². The highest BCUT2D eigenvalue weighted by molar-refractivity contribution is 5.94. The molecule has 190 valence electrons. The van der Waals surface area contributed by atoms with E-state index in [1.54, 1.807) is 0 Å². The molecule has 0 bridgehead atoms. The number of aryl methyl sites for hydroxylation is 1. The lowest BCUT2D eigenvalue weighted by Gasteiger charge is -2.33. The molecule has 1 saturated heterocycles. The fraction of sp³-hybridized carbons (Fsp3) is 0.552. The molecule has 35 heavy (non-hydrogen) atoms. The van der Waals surface area contributed by atoms with E-state index in [4.69, 9.17) is 0 Å². The number of aliphatic hydroxyl groups excluding tert-OH is 1. The van der Waals surface area contributed by atoms with Crippen LogP contribution in [0.25, 0.3) is 0 Å². The predicted octanol–water partition coefficient (Wildman–Crippen LogP) is 3.96. The lowest BCUT2D eigenvalue weighted by molar-refractivity contribution is -0.123. The summed E-state index contributed by atoms with van der Waals surface area (Å²) in [6.45, 7) is 8.74. The van der Waals surface area contributed by atoms with Gasteiger partial charge in [0.1, 0.15) is 0 Å². The van der Waals surface area contributed by atoms with Crippen LogP contribution >= 0.6 is 0 Å². The highest BCUT2D eigenvalue weighted by atomic mass is 16.3. The second kappa shape index (κ2) is 12.0. The number of carbonyl (C=O) groups excluding carboxylic acids is 1. The SMILES string of the molecule is Cc1cc(N(C)C(=O)[C@H]2CC[C@H](Nc3cccc(CCO)c3)CC2)ccc1CN1CCN[C@@H](C)C1. The average molecular weight is 479 g/mol. The maximum atomic E-state index is 13.3. The average Bonchev–Trinajstić information content (AvgIpc) is 2.85. The summed E-state index contributed by atoms with van der Waals surface area (Å²) in [5.74, 6) is 0.317. The van der Waals surface area contributed by atoms with Crippen LogP contribution in [0.1, 0.15) is 49.3 Å². The van der Waals surface area contributed by atoms with Gasteiger partial charge in [-0.3, -0.25) is 9.69 Å². The van der Waals surface area contributed by atoms with Crippen molar-refractivity contribution in [2.24, 2.45) is 5.92 Å². The van der Waals surface area contributed by atoms with E-state index >= 15 is 0 Å². The third-order valence-corrected chi connectivity index (χ3v) is 7.67. The molecule has 0 radical (unpaired) electrons. The summed E-state index contributed by atoms with van der Waals surface area (Å²) >= 11 is 0. The number of anilines is 2. The Labute approximate surface area is 210 Å². The Hall–Kier alpha value is -2.41. The van der Waals surface area contributed by atoms with Crippen molar-refractivity contribution in [1.82, 2.24) is 10.2 Å². The topological polar surface area (TPSA) is 67.8 Å². The molecule has 1 aliphatic heterocycles. The molecule has 1 atom stereocenters. The van der Waals surface area contributed by atoms with Crippen molar-refractivity contribution >= 4 is 17.3 Å². The van der Waals surface area contributed by atoms with Crippen LogP contribution in [0.3, 0.4) is 0 Å². The number of hydrogen-bond donors (Lipinski definition) is 3. The van der Waals surface area contributed by atoms with Crippen LogP contribution < -0.4 is 15.5 Å². The van der Waals surface area contributed by atoms with Gasteiger partial charge in [-0.1, -0.05) is 18.2 Å². The monoisotopic (exact) mass is 478 g/mol. The van der Waals surface area contributed by atoms with Gasteiger partial charge >= 0.3 is 0 Å². The predicted molar refractivity (Wildman–Crippen MR) is 144 cm³/mol. The van der Waals surface area contributed by atoms with Gasteiger partial charge in [-0.25, -0.2) is 0 Å². The van der Waals surface area contributed by atoms with E-state index in [1.165, 1.54) is 11.1 Å². The third-order valence-electron chi connectivity index (χ3n) is 7.67. The van der Waals surface area contributed by atoms with E-state index in [-0.39, 0.29) is 18.4 Å². The smallest absolute Gasteiger partial charge is 0.229 e. The fourth-order valence-electron chi connectivity index (χ4n) is 5.53. The molecule has 1 heterocycles. The minimum Gasteiger partial charge on any atom is -0.396 e. The first-order valence-electron chi connectivity index (χ1n) is 13.2. The molecule has 1 amide bonds. The number of piperazine rings is 1. The first kappa shape index (κ1) is 25.7. The number of nitrogens with zero attached hydrogens (tertiary/aromatic N) is 2. The minimum absolute atomic E-state index is 0.0843. The number of aliphatic hydroxyl groups is 1. The molecule has 6 heteroatoms. The Morgan fingerprint density at radius 2 is 1.97 bits per heavy atom. The van der Waals surface area contributed by atoms with Crippen molar-refractivity contribution < 1.29 is 9.90 Å². The molecule has 3 N–H and O–H groups in total. The first-order chi connectivity index (χ1) is 16.9. The van der Waals surface area contributed by atoms with E-state index in [0.717, 1.165) is 68.8 Å². The summed E-state index contributed by atoms with van der Waals surface area (Å²) in [7, 11) is 1.92. The van der Waals surface area contributed by atoms with Gasteiger partial charge in [-0.2, -0.15) is 0 Å². The molecular weight excluding hydrogens is 436 g/mol. The number of benzene rings is 2. The summed E-state index contributed by atoms with van der Waals surface area (Å²) in [5, 5.41) is 16.3. The summed E-state index contributed by atoms with van der Waals surface area (Å²) < 4.78 is 0. The van der Waals surface area contributed by atoms with Gasteiger partial charge in [0.25, 0.3) is 0 Å². The first-order valence-corrected chi connectivity index (χ1v) is 13.2. The van der Waals surface area contributed by atoms with Gasteiger partial charge in [-0.05, 0) is 86.9 Å². The highest BCUT2D eigenvalue weighted by Crippen LogP contribution is 2.30. The molecule has 6 nitrogen and oxygen atoms in total. The van der Waals surface area contributed by atoms with E-state index in [1.807, 2.05) is 24.1 Å². The summed E-state index contributed by atoms with van der Waals surface area (Å²) in [4.78, 5) is 17.7. The zero-order chi connectivity index (χ0) is 24.8. The van der Waals surface area contributed by atoms with Crippen LogP contribution in [-0.4, -0.2) is 61.3 Å². The van der Waals surface area contributed by atoms with Gasteiger partial charge in [0, 0.05) is 69.2 Å². The van der Waals surface area contributed by atoms with Gasteiger partial charge in [-0.15, -0.1) is 0 Å². The molecule has 2 fully saturated rings. The third kappa shape index (κ3) is 6.84. The number of carbonyl (C=O) groups is 1. The molecule has 1 saturated carbocycles. The molecule has 0 unspecified atom stereocenters. The second-order valence-electron chi connectivity index (χ2n) is 10.5. The summed E-state index contributed by atoms with van der Waals surface area (Å²) in [6.07, 6.45) is 4.49. The van der Waals surface area contributed by atoms with Gasteiger partial charge in [0.2, 0.25) is 5.91 Å². The molecule has 2 aliphatic rings. The molecule has 1 aliphatic carbocycles. The zero-order valence-corrected chi connectivity index (χ0v) is 21.6. The van der Waals surface area contributed by atoms with Crippen molar-refractivity contribution in [2.45, 2.75) is 64.6 Å². The lowest BCUT2D eigenvalue weighted by Crippen LogP contribution is -2.48. The molecule has 0 spiro atoms. The molecule has 2 aromatic rings. The quantitative estimate of drug-likeness (QED) is 0.536. The zero-order valence-electron chi connectivity index (χ0n) is 21.6. The van der Waals surface area contributed by atoms with Crippen molar-refractivity contribution in [3.63, 3.8) is 0 Å². The fourth-order valence-corrected chi connectivity index (χ4v) is 5.53. The van der Waals surface area contributed by atoms with E-state index < -0.39 is 0 Å². The number of amides is 1. The minimum atomic E-state index is 0.0843.